The molecule has 0 aromatic carbocycles. The summed E-state index contributed by atoms with van der Waals surface area (Å²) in [7, 11) is 0. The fraction of sp³-hybridized carbons (Fsp3) is 0.917. The Labute approximate surface area is 97.7 Å². The minimum absolute atomic E-state index is 0.0000693. The summed E-state index contributed by atoms with van der Waals surface area (Å²) in [5.74, 6) is -0.263. The van der Waals surface area contributed by atoms with Gasteiger partial charge >= 0.3 is 5.97 Å². The molecular weight excluding hydrogens is 206 g/mol. The lowest BCUT2D eigenvalue weighted by Crippen LogP contribution is -2.41. The molecule has 3 atom stereocenters. The molecule has 1 saturated heterocycles. The van der Waals surface area contributed by atoms with Crippen LogP contribution >= 0.6 is 0 Å². The molecule has 3 unspecified atom stereocenters. The van der Waals surface area contributed by atoms with Crippen LogP contribution in [0.5, 0.6) is 0 Å². The number of rotatable bonds is 6. The summed E-state index contributed by atoms with van der Waals surface area (Å²) in [5, 5.41) is 3.33. The molecule has 1 aliphatic rings. The minimum atomic E-state index is -0.138. The molecule has 0 aromatic rings. The van der Waals surface area contributed by atoms with Crippen molar-refractivity contribution in [3.8, 4) is 0 Å². The fourth-order valence-electron chi connectivity index (χ4n) is 1.69. The molecule has 1 aliphatic heterocycles. The molecule has 0 saturated carbocycles. The Kier molecular flexibility index (Phi) is 5.77. The molecule has 0 amide bonds. The van der Waals surface area contributed by atoms with Gasteiger partial charge in [0.2, 0.25) is 0 Å². The summed E-state index contributed by atoms with van der Waals surface area (Å²) in [6, 6.07) is 0.122. The summed E-state index contributed by atoms with van der Waals surface area (Å²) >= 11 is 0. The summed E-state index contributed by atoms with van der Waals surface area (Å²) < 4.78 is 10.7. The molecule has 0 aliphatic carbocycles. The standard InChI is InChI=1S/C12H23NO3/c1-4-6-13-11-8-15-7-10(11)12(14)16-9(3)5-2/h9-11,13H,4-8H2,1-3H3. The molecular formula is C12H23NO3. The van der Waals surface area contributed by atoms with E-state index in [1.54, 1.807) is 0 Å². The number of ether oxygens (including phenoxy) is 2. The number of hydrogen-bond acceptors (Lipinski definition) is 4. The lowest BCUT2D eigenvalue weighted by Gasteiger charge is -2.19. The normalized spacial score (nSPS) is 26.7. The topological polar surface area (TPSA) is 47.6 Å². The van der Waals surface area contributed by atoms with Gasteiger partial charge in [0, 0.05) is 6.04 Å². The summed E-state index contributed by atoms with van der Waals surface area (Å²) in [6.45, 7) is 8.05. The largest absolute Gasteiger partial charge is 0.462 e. The van der Waals surface area contributed by atoms with Crippen molar-refractivity contribution in [1.82, 2.24) is 5.32 Å². The van der Waals surface area contributed by atoms with Crippen molar-refractivity contribution in [1.29, 1.82) is 0 Å². The van der Waals surface area contributed by atoms with Crippen molar-refractivity contribution in [2.24, 2.45) is 5.92 Å². The van der Waals surface area contributed by atoms with Gasteiger partial charge in [0.15, 0.2) is 0 Å². The van der Waals surface area contributed by atoms with E-state index in [2.05, 4.69) is 12.2 Å². The first kappa shape index (κ1) is 13.5. The molecule has 16 heavy (non-hydrogen) atoms. The predicted octanol–water partition coefficient (Wildman–Crippen LogP) is 1.34. The van der Waals surface area contributed by atoms with E-state index in [1.807, 2.05) is 13.8 Å². The van der Waals surface area contributed by atoms with Crippen LogP contribution in [0.25, 0.3) is 0 Å². The Bertz CT molecular complexity index is 220. The van der Waals surface area contributed by atoms with Gasteiger partial charge in [-0.2, -0.15) is 0 Å². The Morgan fingerprint density at radius 2 is 2.25 bits per heavy atom. The highest BCUT2D eigenvalue weighted by Crippen LogP contribution is 2.16. The van der Waals surface area contributed by atoms with Crippen molar-refractivity contribution >= 4 is 5.97 Å². The monoisotopic (exact) mass is 229 g/mol. The van der Waals surface area contributed by atoms with Crippen LogP contribution in [0.15, 0.2) is 0 Å². The quantitative estimate of drug-likeness (QED) is 0.698. The second-order valence-electron chi connectivity index (χ2n) is 4.36. The Morgan fingerprint density at radius 1 is 1.50 bits per heavy atom. The van der Waals surface area contributed by atoms with Crippen LogP contribution in [0.3, 0.4) is 0 Å². The maximum atomic E-state index is 11.8. The van der Waals surface area contributed by atoms with E-state index in [9.17, 15) is 4.79 Å². The lowest BCUT2D eigenvalue weighted by atomic mass is 10.0. The van der Waals surface area contributed by atoms with E-state index < -0.39 is 0 Å². The highest BCUT2D eigenvalue weighted by Gasteiger charge is 2.35. The first-order chi connectivity index (χ1) is 7.69. The van der Waals surface area contributed by atoms with Gasteiger partial charge in [-0.15, -0.1) is 0 Å². The molecule has 0 radical (unpaired) electrons. The third-order valence-electron chi connectivity index (χ3n) is 2.93. The van der Waals surface area contributed by atoms with Crippen molar-refractivity contribution in [2.45, 2.75) is 45.8 Å². The summed E-state index contributed by atoms with van der Waals surface area (Å²) in [6.07, 6.45) is 1.91. The second-order valence-corrected chi connectivity index (χ2v) is 4.36. The van der Waals surface area contributed by atoms with Gasteiger partial charge in [0.05, 0.1) is 25.2 Å². The van der Waals surface area contributed by atoms with E-state index in [0.29, 0.717) is 13.2 Å². The smallest absolute Gasteiger partial charge is 0.313 e. The molecule has 0 spiro atoms. The summed E-state index contributed by atoms with van der Waals surface area (Å²) in [5.41, 5.74) is 0. The molecule has 1 rings (SSSR count). The zero-order valence-electron chi connectivity index (χ0n) is 10.5. The molecule has 0 aromatic heterocycles. The van der Waals surface area contributed by atoms with E-state index in [1.165, 1.54) is 0 Å². The first-order valence-corrected chi connectivity index (χ1v) is 6.20. The highest BCUT2D eigenvalue weighted by molar-refractivity contribution is 5.74. The van der Waals surface area contributed by atoms with Gasteiger partial charge in [0.25, 0.3) is 0 Å². The van der Waals surface area contributed by atoms with Crippen LogP contribution in [0.4, 0.5) is 0 Å². The van der Waals surface area contributed by atoms with Gasteiger partial charge < -0.3 is 14.8 Å². The van der Waals surface area contributed by atoms with Crippen LogP contribution in [-0.4, -0.2) is 37.9 Å². The third kappa shape index (κ3) is 3.76. The Balaban J connectivity index is 2.41. The lowest BCUT2D eigenvalue weighted by molar-refractivity contribution is -0.153. The van der Waals surface area contributed by atoms with Crippen molar-refractivity contribution < 1.29 is 14.3 Å². The Morgan fingerprint density at radius 3 is 2.88 bits per heavy atom. The number of hydrogen-bond donors (Lipinski definition) is 1. The van der Waals surface area contributed by atoms with Crippen LogP contribution in [0.2, 0.25) is 0 Å². The van der Waals surface area contributed by atoms with Gasteiger partial charge in [0.1, 0.15) is 0 Å². The van der Waals surface area contributed by atoms with Gasteiger partial charge in [-0.1, -0.05) is 13.8 Å². The summed E-state index contributed by atoms with van der Waals surface area (Å²) in [4.78, 5) is 11.8. The van der Waals surface area contributed by atoms with E-state index in [0.717, 1.165) is 19.4 Å². The average Bonchev–Trinajstić information content (AvgIpc) is 2.74. The van der Waals surface area contributed by atoms with Gasteiger partial charge in [-0.3, -0.25) is 4.79 Å². The first-order valence-electron chi connectivity index (χ1n) is 6.20. The van der Waals surface area contributed by atoms with E-state index in [4.69, 9.17) is 9.47 Å². The minimum Gasteiger partial charge on any atom is -0.462 e. The van der Waals surface area contributed by atoms with E-state index in [-0.39, 0.29) is 24.0 Å². The highest BCUT2D eigenvalue weighted by atomic mass is 16.5. The molecule has 1 heterocycles. The molecule has 1 N–H and O–H groups in total. The van der Waals surface area contributed by atoms with Crippen molar-refractivity contribution in [3.63, 3.8) is 0 Å². The third-order valence-corrected chi connectivity index (χ3v) is 2.93. The molecule has 94 valence electrons. The second kappa shape index (κ2) is 6.86. The molecule has 1 fully saturated rings. The fourth-order valence-corrected chi connectivity index (χ4v) is 1.69. The van der Waals surface area contributed by atoms with Gasteiger partial charge in [-0.05, 0) is 26.3 Å². The van der Waals surface area contributed by atoms with Crippen LogP contribution in [0, 0.1) is 5.92 Å². The van der Waals surface area contributed by atoms with Crippen LogP contribution < -0.4 is 5.32 Å². The number of nitrogens with one attached hydrogen (secondary N) is 1. The average molecular weight is 229 g/mol. The number of carbonyl (C=O) groups is 1. The van der Waals surface area contributed by atoms with Crippen molar-refractivity contribution in [3.05, 3.63) is 0 Å². The molecule has 4 heteroatoms. The SMILES string of the molecule is CCCNC1COCC1C(=O)OC(C)CC. The maximum absolute atomic E-state index is 11.8. The van der Waals surface area contributed by atoms with Crippen LogP contribution in [0.1, 0.15) is 33.6 Å². The molecule has 4 nitrogen and oxygen atoms in total. The number of esters is 1. The maximum Gasteiger partial charge on any atom is 0.313 e. The van der Waals surface area contributed by atoms with E-state index >= 15 is 0 Å². The van der Waals surface area contributed by atoms with Gasteiger partial charge in [-0.25, -0.2) is 0 Å². The predicted molar refractivity (Wildman–Crippen MR) is 62.2 cm³/mol. The zero-order valence-corrected chi connectivity index (χ0v) is 10.5. The molecule has 0 bridgehead atoms. The van der Waals surface area contributed by atoms with Crippen molar-refractivity contribution in [2.75, 3.05) is 19.8 Å². The van der Waals surface area contributed by atoms with Crippen LogP contribution in [-0.2, 0) is 14.3 Å². The number of carbonyl (C=O) groups excluding carboxylic acids is 1. The Hall–Kier alpha value is -0.610. The zero-order chi connectivity index (χ0) is 12.0.